The highest BCUT2D eigenvalue weighted by Gasteiger charge is 2.72. The van der Waals surface area contributed by atoms with Crippen molar-refractivity contribution in [3.05, 3.63) is 48.7 Å². The molecule has 8 rings (SSSR count). The Hall–Kier alpha value is -3.08. The van der Waals surface area contributed by atoms with Gasteiger partial charge in [-0.15, -0.1) is 0 Å². The van der Waals surface area contributed by atoms with Crippen molar-refractivity contribution in [1.29, 1.82) is 0 Å². The van der Waals surface area contributed by atoms with E-state index in [-0.39, 0.29) is 50.7 Å². The molecule has 0 unspecified atom stereocenters. The minimum atomic E-state index is -0.620. The van der Waals surface area contributed by atoms with E-state index in [4.69, 9.17) is 19.6 Å². The van der Waals surface area contributed by atoms with E-state index in [1.165, 1.54) is 5.57 Å². The number of nitrogens with zero attached hydrogens (tertiary/aromatic N) is 5. The van der Waals surface area contributed by atoms with Gasteiger partial charge in [0, 0.05) is 40.5 Å². The molecule has 3 aromatic heterocycles. The zero-order valence-electron chi connectivity index (χ0n) is 35.9. The second kappa shape index (κ2) is 13.5. The maximum Gasteiger partial charge on any atom is 0.307 e. The number of likely N-dealkylation sites (N-methyl/N-ethyl adjacent to an activating group) is 1. The van der Waals surface area contributed by atoms with Gasteiger partial charge in [0.05, 0.1) is 37.9 Å². The number of carboxylic acids is 1. The molecule has 5 aliphatic rings. The van der Waals surface area contributed by atoms with Crippen LogP contribution in [0.2, 0.25) is 0 Å². The van der Waals surface area contributed by atoms with Crippen LogP contribution in [0.15, 0.2) is 48.7 Å². The third-order valence-electron chi connectivity index (χ3n) is 18.0. The molecular formula is C46H68N6O4. The summed E-state index contributed by atoms with van der Waals surface area (Å²) in [5.41, 5.74) is 1.84. The van der Waals surface area contributed by atoms with Gasteiger partial charge in [0.1, 0.15) is 12.0 Å². The fourth-order valence-electron chi connectivity index (χ4n) is 13.7. The van der Waals surface area contributed by atoms with Gasteiger partial charge in [-0.25, -0.2) is 14.6 Å². The predicted molar refractivity (Wildman–Crippen MR) is 219 cm³/mol. The third-order valence-corrected chi connectivity index (χ3v) is 18.0. The van der Waals surface area contributed by atoms with Crippen molar-refractivity contribution in [3.8, 4) is 11.4 Å². The number of ether oxygens (including phenoxy) is 2. The molecule has 0 spiro atoms. The van der Waals surface area contributed by atoms with Gasteiger partial charge < -0.3 is 24.3 Å². The Bertz CT molecular complexity index is 2000. The quantitative estimate of drug-likeness (QED) is 0.197. The van der Waals surface area contributed by atoms with E-state index in [0.717, 1.165) is 55.6 Å². The Morgan fingerprint density at radius 3 is 2.54 bits per heavy atom. The van der Waals surface area contributed by atoms with Crippen LogP contribution in [0.4, 0.5) is 0 Å². The number of aromatic nitrogens is 5. The summed E-state index contributed by atoms with van der Waals surface area (Å²) < 4.78 is 18.4. The lowest BCUT2D eigenvalue weighted by atomic mass is 9.34. The van der Waals surface area contributed by atoms with Crippen LogP contribution in [-0.4, -0.2) is 73.7 Å². The average molecular weight is 769 g/mol. The van der Waals surface area contributed by atoms with Crippen molar-refractivity contribution >= 4 is 11.6 Å². The van der Waals surface area contributed by atoms with E-state index in [0.29, 0.717) is 43.5 Å². The Labute approximate surface area is 334 Å². The fraction of sp³-hybridized carbons (Fsp3) is 0.739. The highest BCUT2D eigenvalue weighted by molar-refractivity contribution is 5.73. The SMILES string of the molecule is CN[C@@](C)(CO[C@H]1[C@H](n2ncnc2-c2ccn3ccnc3c2)C[C@@]23COC[C@@]1(C)[C@@H]2CC[C@H]1C3=CC[C@@]2(C)[C@H](C(=O)O)[C@@](C)([C@H](C)C(C)C)CC[C@]12C)C(C)C. The summed E-state index contributed by atoms with van der Waals surface area (Å²) in [4.78, 5) is 23.1. The van der Waals surface area contributed by atoms with Gasteiger partial charge in [-0.2, -0.15) is 5.10 Å². The highest BCUT2D eigenvalue weighted by atomic mass is 16.5. The molecule has 12 atom stereocenters. The molecule has 0 aromatic carbocycles. The van der Waals surface area contributed by atoms with Crippen LogP contribution >= 0.6 is 0 Å². The largest absolute Gasteiger partial charge is 0.481 e. The molecule has 56 heavy (non-hydrogen) atoms. The lowest BCUT2D eigenvalue weighted by molar-refractivity contribution is -0.253. The third kappa shape index (κ3) is 5.43. The van der Waals surface area contributed by atoms with Crippen LogP contribution in [-0.2, 0) is 14.3 Å². The number of aliphatic carboxylic acids is 1. The number of nitrogens with one attached hydrogen (secondary N) is 1. The Morgan fingerprint density at radius 2 is 1.84 bits per heavy atom. The van der Waals surface area contributed by atoms with Gasteiger partial charge in [0.2, 0.25) is 0 Å². The molecular weight excluding hydrogens is 701 g/mol. The van der Waals surface area contributed by atoms with Crippen LogP contribution in [0.5, 0.6) is 0 Å². The van der Waals surface area contributed by atoms with E-state index in [1.54, 1.807) is 6.33 Å². The second-order valence-corrected chi connectivity index (χ2v) is 20.8. The van der Waals surface area contributed by atoms with E-state index in [1.807, 2.05) is 30.0 Å². The minimum absolute atomic E-state index is 0.101. The Balaban J connectivity index is 1.25. The molecule has 1 aliphatic heterocycles. The number of hydrogen-bond acceptors (Lipinski definition) is 7. The Morgan fingerprint density at radius 1 is 1.07 bits per heavy atom. The van der Waals surface area contributed by atoms with Gasteiger partial charge in [0.15, 0.2) is 5.82 Å². The van der Waals surface area contributed by atoms with Gasteiger partial charge in [-0.05, 0) is 110 Å². The number of pyridine rings is 1. The average Bonchev–Trinajstić information content (AvgIpc) is 3.84. The summed E-state index contributed by atoms with van der Waals surface area (Å²) in [6, 6.07) is 4.10. The molecule has 10 heteroatoms. The van der Waals surface area contributed by atoms with Crippen molar-refractivity contribution in [2.75, 3.05) is 26.9 Å². The molecule has 3 aromatic rings. The van der Waals surface area contributed by atoms with Crippen molar-refractivity contribution in [2.45, 2.75) is 125 Å². The standard InChI is InChI=1S/C46H68N6O4/c1-28(2)30(5)41(6)17-18-43(8)32-12-13-35-42(7)24-55-26-46(35,33(32)14-16-44(43,9)37(41)40(53)54)23-34(38(42)56-25-45(10,47-11)29(3)4)52-39(49-27-50-52)31-15-20-51-21-19-48-36(51)22-31/h14-15,19-22,27-30,32,34-35,37-38,47H,12-13,16-18,23-26H2,1-11H3,(H,53,54)/t30-,32+,34-,35+,37-,38+,41-,42+,43-,44+,45+,46+/m1/s1. The van der Waals surface area contributed by atoms with Crippen LogP contribution in [0.25, 0.3) is 17.0 Å². The Kier molecular flexibility index (Phi) is 9.57. The normalized spacial score (nSPS) is 39.7. The van der Waals surface area contributed by atoms with Gasteiger partial charge in [-0.1, -0.05) is 74.0 Å². The molecule has 4 aliphatic carbocycles. The molecule has 4 fully saturated rings. The molecule has 306 valence electrons. The maximum atomic E-state index is 13.6. The number of allylic oxidation sites excluding steroid dienone is 1. The second-order valence-electron chi connectivity index (χ2n) is 20.8. The molecule has 2 N–H and O–H groups in total. The van der Waals surface area contributed by atoms with Crippen molar-refractivity contribution in [3.63, 3.8) is 0 Å². The van der Waals surface area contributed by atoms with Crippen molar-refractivity contribution < 1.29 is 19.4 Å². The molecule has 4 heterocycles. The maximum absolute atomic E-state index is 13.6. The first-order chi connectivity index (χ1) is 26.4. The summed E-state index contributed by atoms with van der Waals surface area (Å²) in [6.07, 6.45) is 15.6. The van der Waals surface area contributed by atoms with Crippen LogP contribution < -0.4 is 5.32 Å². The van der Waals surface area contributed by atoms with Gasteiger partial charge in [-0.3, -0.25) is 4.79 Å². The molecule has 3 saturated carbocycles. The summed E-state index contributed by atoms with van der Waals surface area (Å²) >= 11 is 0. The molecule has 0 radical (unpaired) electrons. The zero-order chi connectivity index (χ0) is 40.2. The van der Waals surface area contributed by atoms with E-state index in [2.05, 4.69) is 102 Å². The first kappa shape index (κ1) is 39.7. The number of rotatable bonds is 10. The topological polar surface area (TPSA) is 116 Å². The number of fused-ring (bicyclic) bond motifs is 4. The lowest BCUT2D eigenvalue weighted by Crippen LogP contribution is -2.69. The fourth-order valence-corrected chi connectivity index (χ4v) is 13.7. The predicted octanol–water partition coefficient (Wildman–Crippen LogP) is 8.74. The number of carbonyl (C=O) groups is 1. The summed E-state index contributed by atoms with van der Waals surface area (Å²) in [6.45, 7) is 25.0. The lowest BCUT2D eigenvalue weighted by Gasteiger charge is -2.71. The van der Waals surface area contributed by atoms with Crippen molar-refractivity contribution in [2.24, 2.45) is 62.6 Å². The van der Waals surface area contributed by atoms with E-state index < -0.39 is 11.9 Å². The molecule has 1 saturated heterocycles. The number of hydrogen-bond donors (Lipinski definition) is 2. The highest BCUT2D eigenvalue weighted by Crippen LogP contribution is 2.75. The van der Waals surface area contributed by atoms with Crippen LogP contribution in [0.3, 0.4) is 0 Å². The van der Waals surface area contributed by atoms with Crippen LogP contribution in [0, 0.1) is 62.6 Å². The molecule has 0 amide bonds. The smallest absolute Gasteiger partial charge is 0.307 e. The van der Waals surface area contributed by atoms with Gasteiger partial charge >= 0.3 is 5.97 Å². The molecule has 2 bridgehead atoms. The molecule has 10 nitrogen and oxygen atoms in total. The van der Waals surface area contributed by atoms with Gasteiger partial charge in [0.25, 0.3) is 0 Å². The van der Waals surface area contributed by atoms with E-state index >= 15 is 0 Å². The zero-order valence-corrected chi connectivity index (χ0v) is 35.9. The number of imidazole rings is 1. The number of carboxylic acid groups (broad SMARTS) is 1. The summed E-state index contributed by atoms with van der Waals surface area (Å²) in [5, 5.41) is 19.8. The summed E-state index contributed by atoms with van der Waals surface area (Å²) in [7, 11) is 2.04. The van der Waals surface area contributed by atoms with Crippen molar-refractivity contribution in [1.82, 2.24) is 29.5 Å². The first-order valence-corrected chi connectivity index (χ1v) is 21.5. The monoisotopic (exact) mass is 769 g/mol. The summed E-state index contributed by atoms with van der Waals surface area (Å²) in [5.74, 6) is 1.52. The van der Waals surface area contributed by atoms with E-state index in [9.17, 15) is 9.90 Å². The minimum Gasteiger partial charge on any atom is -0.481 e. The first-order valence-electron chi connectivity index (χ1n) is 21.5. The van der Waals surface area contributed by atoms with Crippen LogP contribution in [0.1, 0.15) is 114 Å².